The molecule has 0 spiro atoms. The molecular formula is C11H10Cl2N4O2S. The van der Waals surface area contributed by atoms with Crippen molar-refractivity contribution in [1.29, 1.82) is 0 Å². The average Bonchev–Trinajstić information content (AvgIpc) is 2.43. The highest BCUT2D eigenvalue weighted by molar-refractivity contribution is 7.92. The van der Waals surface area contributed by atoms with E-state index in [4.69, 9.17) is 29.0 Å². The molecule has 0 aliphatic rings. The molecule has 0 radical (unpaired) electrons. The summed E-state index contributed by atoms with van der Waals surface area (Å²) in [5, 5.41) is 0.596. The first-order valence-corrected chi connectivity index (χ1v) is 7.57. The highest BCUT2D eigenvalue weighted by Gasteiger charge is 2.15. The zero-order valence-electron chi connectivity index (χ0n) is 9.97. The number of aromatic nitrogens is 1. The van der Waals surface area contributed by atoms with Crippen LogP contribution >= 0.6 is 23.2 Å². The third kappa shape index (κ3) is 3.31. The second-order valence-corrected chi connectivity index (χ2v) is 6.25. The number of hydrogen-bond acceptors (Lipinski definition) is 5. The van der Waals surface area contributed by atoms with Gasteiger partial charge in [-0.2, -0.15) is 0 Å². The molecule has 1 heterocycles. The Morgan fingerprint density at radius 2 is 1.85 bits per heavy atom. The molecule has 1 aromatic heterocycles. The summed E-state index contributed by atoms with van der Waals surface area (Å²) in [7, 11) is -3.76. The van der Waals surface area contributed by atoms with E-state index in [-0.39, 0.29) is 15.7 Å². The smallest absolute Gasteiger partial charge is 0.262 e. The monoisotopic (exact) mass is 332 g/mol. The van der Waals surface area contributed by atoms with Crippen LogP contribution in [-0.4, -0.2) is 13.4 Å². The van der Waals surface area contributed by atoms with Crippen molar-refractivity contribution < 1.29 is 8.42 Å². The lowest BCUT2D eigenvalue weighted by molar-refractivity contribution is 0.601. The van der Waals surface area contributed by atoms with Gasteiger partial charge in [0, 0.05) is 12.3 Å². The molecule has 4 N–H and O–H groups in total. The Morgan fingerprint density at radius 1 is 1.10 bits per heavy atom. The van der Waals surface area contributed by atoms with Crippen molar-refractivity contribution >= 4 is 44.7 Å². The Kier molecular flexibility index (Phi) is 4.34. The van der Waals surface area contributed by atoms with E-state index in [0.29, 0.717) is 10.7 Å². The Hall–Kier alpha value is -1.54. The van der Waals surface area contributed by atoms with E-state index in [9.17, 15) is 8.42 Å². The zero-order valence-corrected chi connectivity index (χ0v) is 12.3. The maximum atomic E-state index is 12.2. The molecule has 2 aromatic rings. The second kappa shape index (κ2) is 5.84. The van der Waals surface area contributed by atoms with Gasteiger partial charge in [-0.05, 0) is 24.3 Å². The molecule has 106 valence electrons. The Balaban J connectivity index is 2.32. The average molecular weight is 333 g/mol. The van der Waals surface area contributed by atoms with Crippen molar-refractivity contribution in [2.45, 2.75) is 4.90 Å². The molecule has 0 atom stereocenters. The summed E-state index contributed by atoms with van der Waals surface area (Å²) in [5.74, 6) is 5.43. The second-order valence-electron chi connectivity index (χ2n) is 3.76. The van der Waals surface area contributed by atoms with Gasteiger partial charge in [-0.15, -0.1) is 0 Å². The maximum absolute atomic E-state index is 12.2. The summed E-state index contributed by atoms with van der Waals surface area (Å²) >= 11 is 11.6. The molecule has 0 amide bonds. The number of hydrazine groups is 1. The topological polar surface area (TPSA) is 97.1 Å². The Labute approximate surface area is 125 Å². The van der Waals surface area contributed by atoms with Crippen molar-refractivity contribution in [1.82, 2.24) is 4.98 Å². The largest absolute Gasteiger partial charge is 0.308 e. The quantitative estimate of drug-likeness (QED) is 0.590. The van der Waals surface area contributed by atoms with Crippen LogP contribution in [0.25, 0.3) is 0 Å². The van der Waals surface area contributed by atoms with Crippen LogP contribution in [0.1, 0.15) is 0 Å². The first-order chi connectivity index (χ1) is 9.42. The van der Waals surface area contributed by atoms with Gasteiger partial charge in [0.1, 0.15) is 5.82 Å². The van der Waals surface area contributed by atoms with Crippen LogP contribution in [0.15, 0.2) is 41.4 Å². The molecule has 1 aromatic carbocycles. The summed E-state index contributed by atoms with van der Waals surface area (Å²) in [6.45, 7) is 0. The minimum Gasteiger partial charge on any atom is -0.308 e. The number of benzene rings is 1. The summed E-state index contributed by atoms with van der Waals surface area (Å²) < 4.78 is 26.8. The lowest BCUT2D eigenvalue weighted by Gasteiger charge is -2.09. The first kappa shape index (κ1) is 14.9. The van der Waals surface area contributed by atoms with E-state index in [1.165, 1.54) is 36.5 Å². The number of anilines is 2. The van der Waals surface area contributed by atoms with E-state index in [1.54, 1.807) is 0 Å². The first-order valence-electron chi connectivity index (χ1n) is 5.33. The van der Waals surface area contributed by atoms with Crippen molar-refractivity contribution in [3.8, 4) is 0 Å². The molecule has 0 bridgehead atoms. The van der Waals surface area contributed by atoms with E-state index in [2.05, 4.69) is 15.1 Å². The predicted molar refractivity (Wildman–Crippen MR) is 79.3 cm³/mol. The molecular weight excluding hydrogens is 323 g/mol. The van der Waals surface area contributed by atoms with Gasteiger partial charge < -0.3 is 5.43 Å². The molecule has 9 heteroatoms. The number of nitrogens with two attached hydrogens (primary N) is 1. The van der Waals surface area contributed by atoms with Crippen LogP contribution < -0.4 is 16.0 Å². The SMILES string of the molecule is NNc1cc(S(=O)(=O)Nc2ccc(Cl)c(Cl)c2)ccn1. The lowest BCUT2D eigenvalue weighted by Crippen LogP contribution is -2.14. The predicted octanol–water partition coefficient (Wildman–Crippen LogP) is 2.47. The number of pyridine rings is 1. The molecule has 20 heavy (non-hydrogen) atoms. The van der Waals surface area contributed by atoms with Gasteiger partial charge in [0.2, 0.25) is 0 Å². The highest BCUT2D eigenvalue weighted by Crippen LogP contribution is 2.26. The zero-order chi connectivity index (χ0) is 14.8. The number of nitrogen functional groups attached to an aromatic ring is 1. The van der Waals surface area contributed by atoms with Crippen molar-refractivity contribution in [3.63, 3.8) is 0 Å². The number of halogens is 2. The summed E-state index contributed by atoms with van der Waals surface area (Å²) in [4.78, 5) is 3.86. The third-order valence-corrected chi connectivity index (χ3v) is 4.48. The lowest BCUT2D eigenvalue weighted by atomic mass is 10.3. The normalized spacial score (nSPS) is 11.2. The molecule has 0 saturated heterocycles. The molecule has 0 fully saturated rings. The van der Waals surface area contributed by atoms with Crippen LogP contribution in [0.4, 0.5) is 11.5 Å². The molecule has 0 aliphatic carbocycles. The molecule has 0 saturated carbocycles. The Bertz CT molecular complexity index is 737. The van der Waals surface area contributed by atoms with Gasteiger partial charge in [0.25, 0.3) is 10.0 Å². The van der Waals surface area contributed by atoms with Crippen LogP contribution in [-0.2, 0) is 10.0 Å². The minimum atomic E-state index is -3.76. The van der Waals surface area contributed by atoms with Gasteiger partial charge in [0.15, 0.2) is 0 Å². The molecule has 0 unspecified atom stereocenters. The van der Waals surface area contributed by atoms with Crippen LogP contribution in [0.5, 0.6) is 0 Å². The summed E-state index contributed by atoms with van der Waals surface area (Å²) in [6, 6.07) is 7.08. The summed E-state index contributed by atoms with van der Waals surface area (Å²) in [6.07, 6.45) is 1.33. The van der Waals surface area contributed by atoms with E-state index in [1.807, 2.05) is 0 Å². The number of nitrogens with one attached hydrogen (secondary N) is 2. The third-order valence-electron chi connectivity index (χ3n) is 2.36. The number of hydrogen-bond donors (Lipinski definition) is 3. The van der Waals surface area contributed by atoms with Crippen LogP contribution in [0, 0.1) is 0 Å². The number of sulfonamides is 1. The van der Waals surface area contributed by atoms with Crippen molar-refractivity contribution in [3.05, 3.63) is 46.6 Å². The molecule has 6 nitrogen and oxygen atoms in total. The fourth-order valence-corrected chi connectivity index (χ4v) is 2.79. The van der Waals surface area contributed by atoms with E-state index in [0.717, 1.165) is 0 Å². The van der Waals surface area contributed by atoms with E-state index < -0.39 is 10.0 Å². The Morgan fingerprint density at radius 3 is 2.50 bits per heavy atom. The molecule has 2 rings (SSSR count). The van der Waals surface area contributed by atoms with Gasteiger partial charge in [0.05, 0.1) is 20.6 Å². The summed E-state index contributed by atoms with van der Waals surface area (Å²) in [5.41, 5.74) is 2.58. The number of rotatable bonds is 4. The fraction of sp³-hybridized carbons (Fsp3) is 0. The van der Waals surface area contributed by atoms with Gasteiger partial charge >= 0.3 is 0 Å². The van der Waals surface area contributed by atoms with Crippen molar-refractivity contribution in [2.24, 2.45) is 5.84 Å². The fourth-order valence-electron chi connectivity index (χ4n) is 1.43. The number of nitrogens with zero attached hydrogens (tertiary/aromatic N) is 1. The highest BCUT2D eigenvalue weighted by atomic mass is 35.5. The van der Waals surface area contributed by atoms with Gasteiger partial charge in [-0.25, -0.2) is 19.2 Å². The van der Waals surface area contributed by atoms with Crippen LogP contribution in [0.2, 0.25) is 10.0 Å². The van der Waals surface area contributed by atoms with Gasteiger partial charge in [-0.3, -0.25) is 4.72 Å². The van der Waals surface area contributed by atoms with Gasteiger partial charge in [-0.1, -0.05) is 23.2 Å². The van der Waals surface area contributed by atoms with E-state index >= 15 is 0 Å². The minimum absolute atomic E-state index is 0.0199. The van der Waals surface area contributed by atoms with Crippen molar-refractivity contribution in [2.75, 3.05) is 10.1 Å². The van der Waals surface area contributed by atoms with Crippen LogP contribution in [0.3, 0.4) is 0 Å². The standard InChI is InChI=1S/C11H10Cl2N4O2S/c12-9-2-1-7(5-10(9)13)17-20(18,19)8-3-4-15-11(6-8)16-14/h1-6,17H,14H2,(H,15,16). The molecule has 0 aliphatic heterocycles. The maximum Gasteiger partial charge on any atom is 0.262 e.